The van der Waals surface area contributed by atoms with E-state index in [4.69, 9.17) is 4.74 Å². The van der Waals surface area contributed by atoms with Crippen molar-refractivity contribution < 1.29 is 9.53 Å². The van der Waals surface area contributed by atoms with E-state index in [1.807, 2.05) is 31.2 Å². The molecule has 2 unspecified atom stereocenters. The van der Waals surface area contributed by atoms with Crippen molar-refractivity contribution in [2.24, 2.45) is 0 Å². The van der Waals surface area contributed by atoms with Gasteiger partial charge in [-0.05, 0) is 51.3 Å². The zero-order chi connectivity index (χ0) is 15.1. The number of aryl methyl sites for hydroxylation is 1. The number of hydrogen-bond acceptors (Lipinski definition) is 3. The van der Waals surface area contributed by atoms with E-state index >= 15 is 0 Å². The Bertz CT molecular complexity index is 462. The molecule has 1 fully saturated rings. The van der Waals surface area contributed by atoms with Gasteiger partial charge in [0.05, 0.1) is 6.61 Å². The molecule has 1 aromatic carbocycles. The SMILES string of the molecule is Cc1ccccc1OCCCC(=O)NC1CCNC(C)C1. The number of piperidine rings is 1. The van der Waals surface area contributed by atoms with E-state index in [9.17, 15) is 4.79 Å². The predicted molar refractivity (Wildman–Crippen MR) is 84.5 cm³/mol. The van der Waals surface area contributed by atoms with Crippen LogP contribution in [0.25, 0.3) is 0 Å². The van der Waals surface area contributed by atoms with E-state index in [2.05, 4.69) is 17.6 Å². The minimum absolute atomic E-state index is 0.141. The van der Waals surface area contributed by atoms with Crippen LogP contribution in [0.3, 0.4) is 0 Å². The third kappa shape index (κ3) is 5.38. The fraction of sp³-hybridized carbons (Fsp3) is 0.588. The first-order chi connectivity index (χ1) is 10.1. The van der Waals surface area contributed by atoms with Gasteiger partial charge in [0.25, 0.3) is 0 Å². The van der Waals surface area contributed by atoms with Gasteiger partial charge < -0.3 is 15.4 Å². The molecule has 0 aromatic heterocycles. The van der Waals surface area contributed by atoms with Gasteiger partial charge >= 0.3 is 0 Å². The summed E-state index contributed by atoms with van der Waals surface area (Å²) in [5.41, 5.74) is 1.13. The Balaban J connectivity index is 1.62. The fourth-order valence-electron chi connectivity index (χ4n) is 2.70. The summed E-state index contributed by atoms with van der Waals surface area (Å²) in [5.74, 6) is 1.05. The lowest BCUT2D eigenvalue weighted by Crippen LogP contribution is -2.46. The first kappa shape index (κ1) is 15.8. The third-order valence-corrected chi connectivity index (χ3v) is 3.89. The topological polar surface area (TPSA) is 50.4 Å². The van der Waals surface area contributed by atoms with Gasteiger partial charge in [-0.25, -0.2) is 0 Å². The minimum Gasteiger partial charge on any atom is -0.493 e. The maximum Gasteiger partial charge on any atom is 0.220 e. The Morgan fingerprint density at radius 2 is 2.24 bits per heavy atom. The quantitative estimate of drug-likeness (QED) is 0.791. The molecular weight excluding hydrogens is 264 g/mol. The number of nitrogens with one attached hydrogen (secondary N) is 2. The molecule has 116 valence electrons. The molecular formula is C17H26N2O2. The summed E-state index contributed by atoms with van der Waals surface area (Å²) in [6, 6.07) is 8.77. The smallest absolute Gasteiger partial charge is 0.220 e. The molecule has 1 aliphatic heterocycles. The van der Waals surface area contributed by atoms with Crippen molar-refractivity contribution in [1.82, 2.24) is 10.6 Å². The summed E-state index contributed by atoms with van der Waals surface area (Å²) in [4.78, 5) is 11.9. The highest BCUT2D eigenvalue weighted by atomic mass is 16.5. The normalized spacial score (nSPS) is 21.8. The van der Waals surface area contributed by atoms with E-state index in [0.29, 0.717) is 25.1 Å². The van der Waals surface area contributed by atoms with Crippen molar-refractivity contribution in [3.8, 4) is 5.75 Å². The summed E-state index contributed by atoms with van der Waals surface area (Å²) < 4.78 is 5.70. The number of rotatable bonds is 6. The Kier molecular flexibility index (Phi) is 6.05. The van der Waals surface area contributed by atoms with Gasteiger partial charge in [-0.15, -0.1) is 0 Å². The van der Waals surface area contributed by atoms with Crippen LogP contribution in [-0.4, -0.2) is 31.1 Å². The Morgan fingerprint density at radius 3 is 3.00 bits per heavy atom. The molecule has 0 radical (unpaired) electrons. The summed E-state index contributed by atoms with van der Waals surface area (Å²) in [6.45, 7) is 5.76. The van der Waals surface area contributed by atoms with E-state index in [1.54, 1.807) is 0 Å². The van der Waals surface area contributed by atoms with Crippen molar-refractivity contribution in [3.05, 3.63) is 29.8 Å². The van der Waals surface area contributed by atoms with Crippen molar-refractivity contribution in [3.63, 3.8) is 0 Å². The molecule has 0 aliphatic carbocycles. The molecule has 4 nitrogen and oxygen atoms in total. The number of carbonyl (C=O) groups is 1. The molecule has 1 aliphatic rings. The van der Waals surface area contributed by atoms with Crippen LogP contribution >= 0.6 is 0 Å². The number of amides is 1. The van der Waals surface area contributed by atoms with Crippen LogP contribution in [-0.2, 0) is 4.79 Å². The predicted octanol–water partition coefficient (Wildman–Crippen LogP) is 2.41. The molecule has 0 saturated carbocycles. The highest BCUT2D eigenvalue weighted by molar-refractivity contribution is 5.76. The average molecular weight is 290 g/mol. The van der Waals surface area contributed by atoms with Gasteiger partial charge in [0.1, 0.15) is 5.75 Å². The average Bonchev–Trinajstić information content (AvgIpc) is 2.45. The molecule has 0 spiro atoms. The fourth-order valence-corrected chi connectivity index (χ4v) is 2.70. The van der Waals surface area contributed by atoms with Gasteiger partial charge in [0, 0.05) is 18.5 Å². The van der Waals surface area contributed by atoms with Gasteiger partial charge in [0.2, 0.25) is 5.91 Å². The first-order valence-electron chi connectivity index (χ1n) is 7.86. The Labute approximate surface area is 127 Å². The van der Waals surface area contributed by atoms with Gasteiger partial charge in [-0.1, -0.05) is 18.2 Å². The molecule has 1 heterocycles. The Hall–Kier alpha value is -1.55. The van der Waals surface area contributed by atoms with E-state index < -0.39 is 0 Å². The zero-order valence-electron chi connectivity index (χ0n) is 13.0. The standard InChI is InChI=1S/C17H26N2O2/c1-13-6-3-4-7-16(13)21-11-5-8-17(20)19-15-9-10-18-14(2)12-15/h3-4,6-7,14-15,18H,5,8-12H2,1-2H3,(H,19,20). The van der Waals surface area contributed by atoms with Crippen molar-refractivity contribution in [1.29, 1.82) is 0 Å². The first-order valence-corrected chi connectivity index (χ1v) is 7.86. The molecule has 1 aromatic rings. The van der Waals surface area contributed by atoms with E-state index in [-0.39, 0.29) is 5.91 Å². The molecule has 21 heavy (non-hydrogen) atoms. The second kappa shape index (κ2) is 8.03. The summed E-state index contributed by atoms with van der Waals surface area (Å²) in [6.07, 6.45) is 3.33. The minimum atomic E-state index is 0.141. The highest BCUT2D eigenvalue weighted by Crippen LogP contribution is 2.16. The lowest BCUT2D eigenvalue weighted by molar-refractivity contribution is -0.122. The summed E-state index contributed by atoms with van der Waals surface area (Å²) in [7, 11) is 0. The number of carbonyl (C=O) groups excluding carboxylic acids is 1. The number of benzene rings is 1. The van der Waals surface area contributed by atoms with Crippen LogP contribution in [0.2, 0.25) is 0 Å². The number of ether oxygens (including phenoxy) is 1. The molecule has 1 saturated heterocycles. The molecule has 1 amide bonds. The third-order valence-electron chi connectivity index (χ3n) is 3.89. The van der Waals surface area contributed by atoms with Gasteiger partial charge in [0.15, 0.2) is 0 Å². The molecule has 2 N–H and O–H groups in total. The van der Waals surface area contributed by atoms with Crippen molar-refractivity contribution in [2.75, 3.05) is 13.2 Å². The van der Waals surface area contributed by atoms with Crippen LogP contribution in [0.1, 0.15) is 38.2 Å². The van der Waals surface area contributed by atoms with Crippen molar-refractivity contribution >= 4 is 5.91 Å². The van der Waals surface area contributed by atoms with Crippen LogP contribution in [0.15, 0.2) is 24.3 Å². The Morgan fingerprint density at radius 1 is 1.43 bits per heavy atom. The van der Waals surface area contributed by atoms with Crippen LogP contribution < -0.4 is 15.4 Å². The summed E-state index contributed by atoms with van der Waals surface area (Å²) >= 11 is 0. The maximum absolute atomic E-state index is 11.9. The second-order valence-electron chi connectivity index (χ2n) is 5.86. The van der Waals surface area contributed by atoms with E-state index in [1.165, 1.54) is 0 Å². The monoisotopic (exact) mass is 290 g/mol. The molecule has 4 heteroatoms. The zero-order valence-corrected chi connectivity index (χ0v) is 13.0. The summed E-state index contributed by atoms with van der Waals surface area (Å²) in [5, 5.41) is 6.51. The van der Waals surface area contributed by atoms with Gasteiger partial charge in [-0.2, -0.15) is 0 Å². The molecule has 2 atom stereocenters. The highest BCUT2D eigenvalue weighted by Gasteiger charge is 2.19. The van der Waals surface area contributed by atoms with Gasteiger partial charge in [-0.3, -0.25) is 4.79 Å². The van der Waals surface area contributed by atoms with Crippen LogP contribution in [0, 0.1) is 6.92 Å². The maximum atomic E-state index is 11.9. The number of hydrogen-bond donors (Lipinski definition) is 2. The molecule has 0 bridgehead atoms. The van der Waals surface area contributed by atoms with Crippen LogP contribution in [0.4, 0.5) is 0 Å². The van der Waals surface area contributed by atoms with E-state index in [0.717, 1.165) is 37.1 Å². The molecule has 2 rings (SSSR count). The number of para-hydroxylation sites is 1. The largest absolute Gasteiger partial charge is 0.493 e. The second-order valence-corrected chi connectivity index (χ2v) is 5.86. The van der Waals surface area contributed by atoms with Crippen LogP contribution in [0.5, 0.6) is 5.75 Å². The lowest BCUT2D eigenvalue weighted by Gasteiger charge is -2.28. The van der Waals surface area contributed by atoms with Crippen molar-refractivity contribution in [2.45, 2.75) is 51.6 Å². The lowest BCUT2D eigenvalue weighted by atomic mass is 10.0.